The van der Waals surface area contributed by atoms with Gasteiger partial charge in [0.2, 0.25) is 5.69 Å². The van der Waals surface area contributed by atoms with Gasteiger partial charge in [-0.15, -0.1) is 0 Å². The lowest BCUT2D eigenvalue weighted by atomic mass is 10.4. The minimum absolute atomic E-state index is 0.274. The number of nitrogens with zero attached hydrogens (tertiary/aromatic N) is 2. The molecule has 0 aromatic carbocycles. The summed E-state index contributed by atoms with van der Waals surface area (Å²) >= 11 is 0. The second kappa shape index (κ2) is 13.9. The van der Waals surface area contributed by atoms with Crippen molar-refractivity contribution >= 4 is 5.91 Å². The van der Waals surface area contributed by atoms with E-state index in [-0.39, 0.29) is 11.6 Å². The van der Waals surface area contributed by atoms with Crippen LogP contribution < -0.4 is 20.6 Å². The Bertz CT molecular complexity index is 443. The monoisotopic (exact) mass is 329 g/mol. The van der Waals surface area contributed by atoms with Gasteiger partial charge in [-0.05, 0) is 0 Å². The van der Waals surface area contributed by atoms with Crippen molar-refractivity contribution in [2.45, 2.75) is 20.8 Å². The fourth-order valence-corrected chi connectivity index (χ4v) is 1.51. The molecule has 1 aromatic rings. The topological polar surface area (TPSA) is 99.6 Å². The van der Waals surface area contributed by atoms with Crippen molar-refractivity contribution < 1.29 is 23.8 Å². The van der Waals surface area contributed by atoms with Crippen LogP contribution in [-0.4, -0.2) is 57.5 Å². The van der Waals surface area contributed by atoms with Crippen LogP contribution in [0.4, 0.5) is 0 Å². The molecule has 1 heterocycles. The van der Waals surface area contributed by atoms with Crippen LogP contribution in [0.2, 0.25) is 0 Å². The second-order valence-corrected chi connectivity index (χ2v) is 4.19. The number of nitrogens with one attached hydrogen (secondary N) is 1. The van der Waals surface area contributed by atoms with Gasteiger partial charge in [-0.1, -0.05) is 13.8 Å². The number of amides is 1. The molecular weight excluding hydrogens is 300 g/mol. The fourth-order valence-electron chi connectivity index (χ4n) is 1.51. The van der Waals surface area contributed by atoms with Crippen LogP contribution in [-0.2, 0) is 9.47 Å². The van der Waals surface area contributed by atoms with Crippen molar-refractivity contribution in [3.8, 4) is 0 Å². The highest BCUT2D eigenvalue weighted by Crippen LogP contribution is 1.92. The lowest BCUT2D eigenvalue weighted by Gasteiger charge is -2.06. The van der Waals surface area contributed by atoms with Crippen molar-refractivity contribution in [1.82, 2.24) is 10.3 Å². The molecule has 1 rings (SSSR count). The van der Waals surface area contributed by atoms with Gasteiger partial charge in [0, 0.05) is 24.7 Å². The van der Waals surface area contributed by atoms with Crippen LogP contribution >= 0.6 is 0 Å². The van der Waals surface area contributed by atoms with E-state index in [1.807, 2.05) is 20.8 Å². The molecule has 0 bridgehead atoms. The molecule has 1 aromatic heterocycles. The lowest BCUT2D eigenvalue weighted by Crippen LogP contribution is -2.45. The third-order valence-electron chi connectivity index (χ3n) is 2.57. The number of hydrogen-bond acceptors (Lipinski definition) is 6. The molecule has 0 aliphatic carbocycles. The Balaban J connectivity index is 0.00000232. The van der Waals surface area contributed by atoms with Gasteiger partial charge >= 0.3 is 0 Å². The Morgan fingerprint density at radius 3 is 2.52 bits per heavy atom. The quantitative estimate of drug-likeness (QED) is 0.443. The van der Waals surface area contributed by atoms with E-state index in [1.54, 1.807) is 6.20 Å². The molecule has 0 saturated heterocycles. The first-order chi connectivity index (χ1) is 11.2. The first-order valence-corrected chi connectivity index (χ1v) is 7.75. The molecule has 0 atom stereocenters. The smallest absolute Gasteiger partial charge is 0.276 e. The van der Waals surface area contributed by atoms with Crippen molar-refractivity contribution in [3.05, 3.63) is 23.8 Å². The highest BCUT2D eigenvalue weighted by atomic mass is 16.6. The van der Waals surface area contributed by atoms with Gasteiger partial charge in [0.15, 0.2) is 5.69 Å². The van der Waals surface area contributed by atoms with E-state index in [9.17, 15) is 4.79 Å². The van der Waals surface area contributed by atoms with Gasteiger partial charge < -0.3 is 20.5 Å². The molecule has 0 aliphatic rings. The Kier molecular flexibility index (Phi) is 12.8. The SMILES string of the molecule is CC.CO[n+]1cc(C(=O)NCCOCCOCCN)ncc1C. The van der Waals surface area contributed by atoms with Gasteiger partial charge in [0.05, 0.1) is 32.6 Å². The summed E-state index contributed by atoms with van der Waals surface area (Å²) < 4.78 is 11.9. The first kappa shape index (κ1) is 21.2. The van der Waals surface area contributed by atoms with Crippen molar-refractivity contribution in [2.75, 3.05) is 46.6 Å². The van der Waals surface area contributed by atoms with E-state index >= 15 is 0 Å². The molecule has 132 valence electrons. The van der Waals surface area contributed by atoms with E-state index in [0.29, 0.717) is 39.5 Å². The van der Waals surface area contributed by atoms with E-state index in [4.69, 9.17) is 20.0 Å². The van der Waals surface area contributed by atoms with E-state index < -0.39 is 0 Å². The number of ether oxygens (including phenoxy) is 2. The standard InChI is InChI=1S/C13H22N4O4.C2H6/c1-11-9-16-12(10-17(11)19-2)13(18)15-4-6-21-8-7-20-5-3-14;1-2/h9-10H,3-8,14H2,1-2H3;1-2H3/p+1. The van der Waals surface area contributed by atoms with Gasteiger partial charge in [0.1, 0.15) is 7.11 Å². The number of nitrogens with two attached hydrogens (primary N) is 1. The molecule has 0 radical (unpaired) electrons. The summed E-state index contributed by atoms with van der Waals surface area (Å²) in [5.74, 6) is -0.274. The molecule has 8 heteroatoms. The molecule has 1 amide bonds. The normalized spacial score (nSPS) is 9.78. The number of carbonyl (C=O) groups is 1. The van der Waals surface area contributed by atoms with Gasteiger partial charge in [-0.25, -0.2) is 4.98 Å². The summed E-state index contributed by atoms with van der Waals surface area (Å²) in [5, 5.41) is 2.72. The molecule has 8 nitrogen and oxygen atoms in total. The molecule has 0 aliphatic heterocycles. The highest BCUT2D eigenvalue weighted by molar-refractivity contribution is 5.91. The zero-order valence-corrected chi connectivity index (χ0v) is 14.5. The summed E-state index contributed by atoms with van der Waals surface area (Å²) in [4.78, 5) is 21.0. The maximum atomic E-state index is 11.9. The first-order valence-electron chi connectivity index (χ1n) is 7.75. The molecule has 23 heavy (non-hydrogen) atoms. The van der Waals surface area contributed by atoms with Crippen molar-refractivity contribution in [2.24, 2.45) is 5.73 Å². The minimum Gasteiger partial charge on any atom is -0.378 e. The largest absolute Gasteiger partial charge is 0.378 e. The summed E-state index contributed by atoms with van der Waals surface area (Å²) in [6.45, 7) is 8.64. The maximum Gasteiger partial charge on any atom is 0.276 e. The van der Waals surface area contributed by atoms with Gasteiger partial charge in [0.25, 0.3) is 12.1 Å². The highest BCUT2D eigenvalue weighted by Gasteiger charge is 2.15. The zero-order chi connectivity index (χ0) is 17.5. The summed E-state index contributed by atoms with van der Waals surface area (Å²) in [7, 11) is 1.52. The Labute approximate surface area is 137 Å². The molecule has 0 spiro atoms. The van der Waals surface area contributed by atoms with Crippen LogP contribution in [0.1, 0.15) is 30.0 Å². The average Bonchev–Trinajstić information content (AvgIpc) is 2.59. The second-order valence-electron chi connectivity index (χ2n) is 4.19. The Morgan fingerprint density at radius 1 is 1.26 bits per heavy atom. The maximum absolute atomic E-state index is 11.9. The van der Waals surface area contributed by atoms with E-state index in [1.165, 1.54) is 18.0 Å². The zero-order valence-electron chi connectivity index (χ0n) is 14.5. The van der Waals surface area contributed by atoms with Gasteiger partial charge in [-0.3, -0.25) is 9.63 Å². The molecule has 3 N–H and O–H groups in total. The average molecular weight is 329 g/mol. The number of rotatable bonds is 10. The number of carbonyl (C=O) groups excluding carboxylic acids is 1. The van der Waals surface area contributed by atoms with Crippen LogP contribution in [0.3, 0.4) is 0 Å². The Morgan fingerprint density at radius 2 is 1.91 bits per heavy atom. The number of hydrogen-bond donors (Lipinski definition) is 2. The summed E-state index contributed by atoms with van der Waals surface area (Å²) in [5.41, 5.74) is 6.37. The van der Waals surface area contributed by atoms with E-state index in [0.717, 1.165) is 5.69 Å². The number of aryl methyl sites for hydroxylation is 1. The predicted octanol–water partition coefficient (Wildman–Crippen LogP) is -0.516. The van der Waals surface area contributed by atoms with Crippen LogP contribution in [0.15, 0.2) is 12.4 Å². The Hall–Kier alpha value is -1.77. The van der Waals surface area contributed by atoms with Crippen LogP contribution in [0.25, 0.3) is 0 Å². The third kappa shape index (κ3) is 9.07. The van der Waals surface area contributed by atoms with Gasteiger partial charge in [-0.2, -0.15) is 0 Å². The van der Waals surface area contributed by atoms with Crippen molar-refractivity contribution in [3.63, 3.8) is 0 Å². The predicted molar refractivity (Wildman–Crippen MR) is 86.0 cm³/mol. The summed E-state index contributed by atoms with van der Waals surface area (Å²) in [6, 6.07) is 0. The molecule has 0 fully saturated rings. The fraction of sp³-hybridized carbons (Fsp3) is 0.667. The molecule has 0 saturated carbocycles. The molecular formula is C15H29N4O4+. The van der Waals surface area contributed by atoms with E-state index in [2.05, 4.69) is 10.3 Å². The number of aromatic nitrogens is 2. The van der Waals surface area contributed by atoms with Crippen LogP contribution in [0, 0.1) is 6.92 Å². The van der Waals surface area contributed by atoms with Crippen molar-refractivity contribution in [1.29, 1.82) is 0 Å². The van der Waals surface area contributed by atoms with Crippen LogP contribution in [0.5, 0.6) is 0 Å². The minimum atomic E-state index is -0.274. The third-order valence-corrected chi connectivity index (χ3v) is 2.57. The lowest BCUT2D eigenvalue weighted by molar-refractivity contribution is -0.890. The summed E-state index contributed by atoms with van der Waals surface area (Å²) in [6.07, 6.45) is 3.11. The molecule has 0 unspecified atom stereocenters.